The Kier molecular flexibility index (Phi) is 4.08. The van der Waals surface area contributed by atoms with Crippen molar-refractivity contribution in [2.24, 2.45) is 0 Å². The molecule has 8 heteroatoms. The summed E-state index contributed by atoms with van der Waals surface area (Å²) in [5.41, 5.74) is 0.329. The smallest absolute Gasteiger partial charge is 0.339 e. The molecule has 0 saturated heterocycles. The van der Waals surface area contributed by atoms with E-state index in [0.717, 1.165) is 6.26 Å². The Morgan fingerprint density at radius 1 is 1.43 bits per heavy atom. The van der Waals surface area contributed by atoms with Crippen LogP contribution in [0.2, 0.25) is 0 Å². The van der Waals surface area contributed by atoms with Gasteiger partial charge in [-0.15, -0.1) is 0 Å². The van der Waals surface area contributed by atoms with Crippen molar-refractivity contribution >= 4 is 15.8 Å². The van der Waals surface area contributed by atoms with Crippen LogP contribution < -0.4 is 0 Å². The molecule has 0 fully saturated rings. The summed E-state index contributed by atoms with van der Waals surface area (Å²) in [5, 5.41) is 13.2. The van der Waals surface area contributed by atoms with E-state index in [1.165, 1.54) is 29.1 Å². The van der Waals surface area contributed by atoms with Gasteiger partial charge in [-0.1, -0.05) is 12.1 Å². The monoisotopic (exact) mass is 312 g/mol. The highest BCUT2D eigenvalue weighted by molar-refractivity contribution is 7.90. The van der Waals surface area contributed by atoms with Gasteiger partial charge in [-0.2, -0.15) is 5.10 Å². The van der Waals surface area contributed by atoms with E-state index in [4.69, 9.17) is 0 Å². The van der Waals surface area contributed by atoms with E-state index in [-0.39, 0.29) is 23.6 Å². The molecule has 0 aliphatic heterocycles. The summed E-state index contributed by atoms with van der Waals surface area (Å²) in [6.07, 6.45) is 2.33. The van der Waals surface area contributed by atoms with Gasteiger partial charge in [-0.25, -0.2) is 17.6 Å². The van der Waals surface area contributed by atoms with Gasteiger partial charge in [-0.3, -0.25) is 4.68 Å². The quantitative estimate of drug-likeness (QED) is 0.902. The molecular formula is C13H13FN2O4S. The highest BCUT2D eigenvalue weighted by Crippen LogP contribution is 2.23. The van der Waals surface area contributed by atoms with Crippen molar-refractivity contribution < 1.29 is 22.7 Å². The lowest BCUT2D eigenvalue weighted by Crippen LogP contribution is -2.11. The Hall–Kier alpha value is -2.22. The zero-order chi connectivity index (χ0) is 15.6. The van der Waals surface area contributed by atoms with Crippen LogP contribution in [-0.2, 0) is 16.4 Å². The predicted molar refractivity (Wildman–Crippen MR) is 74.3 cm³/mol. The molecule has 0 amide bonds. The van der Waals surface area contributed by atoms with Gasteiger partial charge >= 0.3 is 5.97 Å². The SMILES string of the molecule is CS(=O)(=O)CCn1cc(C(=O)O)c(-c2cccc(F)c2)n1. The van der Waals surface area contributed by atoms with Crippen molar-refractivity contribution in [3.63, 3.8) is 0 Å². The number of hydrogen-bond donors (Lipinski definition) is 1. The van der Waals surface area contributed by atoms with Crippen LogP contribution in [0.25, 0.3) is 11.3 Å². The number of hydrogen-bond acceptors (Lipinski definition) is 4. The number of carboxylic acids is 1. The lowest BCUT2D eigenvalue weighted by atomic mass is 10.1. The van der Waals surface area contributed by atoms with Crippen LogP contribution in [0.4, 0.5) is 4.39 Å². The second kappa shape index (κ2) is 5.65. The van der Waals surface area contributed by atoms with Crippen LogP contribution in [0.3, 0.4) is 0 Å². The number of rotatable bonds is 5. The Labute approximate surface area is 120 Å². The fourth-order valence-electron chi connectivity index (χ4n) is 1.80. The van der Waals surface area contributed by atoms with Crippen LogP contribution in [0.15, 0.2) is 30.5 Å². The molecule has 0 spiro atoms. The van der Waals surface area contributed by atoms with Crippen LogP contribution in [-0.4, -0.2) is 41.3 Å². The van der Waals surface area contributed by atoms with Gasteiger partial charge in [0.15, 0.2) is 0 Å². The van der Waals surface area contributed by atoms with E-state index in [9.17, 15) is 22.7 Å². The number of carboxylic acid groups (broad SMARTS) is 1. The van der Waals surface area contributed by atoms with E-state index in [0.29, 0.717) is 5.56 Å². The van der Waals surface area contributed by atoms with Gasteiger partial charge in [-0.05, 0) is 12.1 Å². The Balaban J connectivity index is 2.41. The van der Waals surface area contributed by atoms with E-state index >= 15 is 0 Å². The summed E-state index contributed by atoms with van der Waals surface area (Å²) in [7, 11) is -3.19. The number of carbonyl (C=O) groups is 1. The van der Waals surface area contributed by atoms with E-state index in [1.54, 1.807) is 6.07 Å². The van der Waals surface area contributed by atoms with E-state index in [2.05, 4.69) is 5.10 Å². The van der Waals surface area contributed by atoms with Gasteiger partial charge in [0.2, 0.25) is 0 Å². The van der Waals surface area contributed by atoms with Gasteiger partial charge in [0, 0.05) is 18.0 Å². The first-order valence-corrected chi connectivity index (χ1v) is 8.07. The molecule has 0 atom stereocenters. The van der Waals surface area contributed by atoms with Crippen LogP contribution in [0.5, 0.6) is 0 Å². The molecule has 2 aromatic rings. The molecule has 6 nitrogen and oxygen atoms in total. The minimum atomic E-state index is -3.19. The normalized spacial score (nSPS) is 11.5. The van der Waals surface area contributed by atoms with Crippen molar-refractivity contribution in [1.29, 1.82) is 0 Å². The van der Waals surface area contributed by atoms with Gasteiger partial charge in [0.25, 0.3) is 0 Å². The van der Waals surface area contributed by atoms with Crippen LogP contribution >= 0.6 is 0 Å². The predicted octanol–water partition coefficient (Wildman–Crippen LogP) is 1.43. The number of benzene rings is 1. The highest BCUT2D eigenvalue weighted by Gasteiger charge is 2.18. The molecule has 0 unspecified atom stereocenters. The number of aromatic carboxylic acids is 1. The molecular weight excluding hydrogens is 299 g/mol. The Morgan fingerprint density at radius 3 is 2.71 bits per heavy atom. The third-order valence-corrected chi connectivity index (χ3v) is 3.71. The number of nitrogens with zero attached hydrogens (tertiary/aromatic N) is 2. The first-order valence-electron chi connectivity index (χ1n) is 6.01. The topological polar surface area (TPSA) is 89.3 Å². The number of aromatic nitrogens is 2. The second-order valence-electron chi connectivity index (χ2n) is 4.60. The van der Waals surface area contributed by atoms with E-state index in [1.807, 2.05) is 0 Å². The van der Waals surface area contributed by atoms with Crippen molar-refractivity contribution in [3.05, 3.63) is 41.8 Å². The van der Waals surface area contributed by atoms with Crippen LogP contribution in [0.1, 0.15) is 10.4 Å². The molecule has 2 rings (SSSR count). The number of aryl methyl sites for hydroxylation is 1. The lowest BCUT2D eigenvalue weighted by Gasteiger charge is -2.00. The van der Waals surface area contributed by atoms with Gasteiger partial charge in [0.1, 0.15) is 26.9 Å². The lowest BCUT2D eigenvalue weighted by molar-refractivity contribution is 0.0697. The van der Waals surface area contributed by atoms with Gasteiger partial charge in [0.05, 0.1) is 12.3 Å². The van der Waals surface area contributed by atoms with Crippen LogP contribution in [0, 0.1) is 5.82 Å². The van der Waals surface area contributed by atoms with Crippen molar-refractivity contribution in [1.82, 2.24) is 9.78 Å². The molecule has 0 saturated carbocycles. The minimum Gasteiger partial charge on any atom is -0.478 e. The molecule has 1 aromatic heterocycles. The molecule has 0 aliphatic carbocycles. The molecule has 1 aromatic carbocycles. The average molecular weight is 312 g/mol. The molecule has 112 valence electrons. The number of halogens is 1. The molecule has 21 heavy (non-hydrogen) atoms. The fourth-order valence-corrected chi connectivity index (χ4v) is 2.32. The first kappa shape index (κ1) is 15.2. The maximum Gasteiger partial charge on any atom is 0.339 e. The summed E-state index contributed by atoms with van der Waals surface area (Å²) >= 11 is 0. The van der Waals surface area contributed by atoms with Gasteiger partial charge < -0.3 is 5.11 Å². The summed E-state index contributed by atoms with van der Waals surface area (Å²) in [4.78, 5) is 11.2. The van der Waals surface area contributed by atoms with Crippen molar-refractivity contribution in [2.45, 2.75) is 6.54 Å². The van der Waals surface area contributed by atoms with Crippen molar-refractivity contribution in [2.75, 3.05) is 12.0 Å². The Morgan fingerprint density at radius 2 is 2.14 bits per heavy atom. The highest BCUT2D eigenvalue weighted by atomic mass is 32.2. The average Bonchev–Trinajstić information content (AvgIpc) is 2.80. The maximum atomic E-state index is 13.2. The summed E-state index contributed by atoms with van der Waals surface area (Å²) in [6.45, 7) is 0.0361. The third kappa shape index (κ3) is 3.88. The summed E-state index contributed by atoms with van der Waals surface area (Å²) in [6, 6.07) is 5.41. The molecule has 0 bridgehead atoms. The standard InChI is InChI=1S/C13H13FN2O4S/c1-21(19,20)6-5-16-8-11(13(17)18)12(15-16)9-3-2-4-10(14)7-9/h2-4,7-8H,5-6H2,1H3,(H,17,18). The largest absolute Gasteiger partial charge is 0.478 e. The molecule has 1 heterocycles. The van der Waals surface area contributed by atoms with Crippen molar-refractivity contribution in [3.8, 4) is 11.3 Å². The molecule has 0 radical (unpaired) electrons. The zero-order valence-electron chi connectivity index (χ0n) is 11.2. The zero-order valence-corrected chi connectivity index (χ0v) is 12.0. The number of sulfone groups is 1. The molecule has 0 aliphatic rings. The second-order valence-corrected chi connectivity index (χ2v) is 6.86. The summed E-state index contributed by atoms with van der Waals surface area (Å²) in [5.74, 6) is -1.87. The Bertz CT molecular complexity index is 783. The summed E-state index contributed by atoms with van der Waals surface area (Å²) < 4.78 is 36.8. The fraction of sp³-hybridized carbons (Fsp3) is 0.231. The first-order chi connectivity index (χ1) is 9.76. The minimum absolute atomic E-state index is 0.0361. The maximum absolute atomic E-state index is 13.2. The van der Waals surface area contributed by atoms with E-state index < -0.39 is 21.6 Å². The third-order valence-electron chi connectivity index (χ3n) is 2.78. The molecule has 1 N–H and O–H groups in total.